The first kappa shape index (κ1) is 19.5. The molecule has 1 amide bonds. The molecule has 0 spiro atoms. The van der Waals surface area contributed by atoms with Crippen molar-refractivity contribution in [1.82, 2.24) is 24.6 Å². The molecule has 2 aromatic carbocycles. The number of nitrogens with zero attached hydrogens (tertiary/aromatic N) is 4. The Morgan fingerprint density at radius 3 is 2.52 bits per heavy atom. The average molecular weight is 408 g/mol. The van der Waals surface area contributed by atoms with E-state index in [1.54, 1.807) is 6.33 Å². The Morgan fingerprint density at radius 2 is 1.79 bits per heavy atom. The summed E-state index contributed by atoms with van der Waals surface area (Å²) in [7, 11) is 0. The van der Waals surface area contributed by atoms with Gasteiger partial charge in [-0.2, -0.15) is 5.10 Å². The number of aromatic nitrogens is 3. The zero-order valence-corrected chi connectivity index (χ0v) is 17.3. The van der Waals surface area contributed by atoms with E-state index in [4.69, 9.17) is 12.2 Å². The fourth-order valence-electron chi connectivity index (χ4n) is 3.70. The fourth-order valence-corrected chi connectivity index (χ4v) is 3.96. The number of para-hydroxylation sites is 1. The summed E-state index contributed by atoms with van der Waals surface area (Å²) >= 11 is 5.60. The van der Waals surface area contributed by atoms with Crippen molar-refractivity contribution in [2.75, 3.05) is 13.1 Å². The molecular formula is C22H25N5OS. The Bertz CT molecular complexity index is 1030. The van der Waals surface area contributed by atoms with Crippen LogP contribution < -0.4 is 5.32 Å². The number of rotatable bonds is 5. The minimum atomic E-state index is 0.0189. The highest BCUT2D eigenvalue weighted by Gasteiger charge is 2.22. The maximum absolute atomic E-state index is 12.5. The normalized spacial score (nSPS) is 15.3. The monoisotopic (exact) mass is 407 g/mol. The number of hydrogen-bond acceptors (Lipinski definition) is 4. The Kier molecular flexibility index (Phi) is 5.87. The minimum Gasteiger partial charge on any atom is -0.349 e. The summed E-state index contributed by atoms with van der Waals surface area (Å²) < 4.78 is 4.46. The number of carbonyl (C=O) groups is 1. The Labute approximate surface area is 175 Å². The maximum Gasteiger partial charge on any atom is 0.251 e. The molecule has 1 N–H and O–H groups in total. The predicted octanol–water partition coefficient (Wildman–Crippen LogP) is 3.56. The van der Waals surface area contributed by atoms with Crippen LogP contribution in [0.1, 0.15) is 28.8 Å². The van der Waals surface area contributed by atoms with Crippen molar-refractivity contribution >= 4 is 18.1 Å². The fraction of sp³-hybridized carbons (Fsp3) is 0.318. The molecule has 1 saturated heterocycles. The van der Waals surface area contributed by atoms with Crippen molar-refractivity contribution in [2.24, 2.45) is 0 Å². The molecule has 7 heteroatoms. The van der Waals surface area contributed by atoms with Gasteiger partial charge in [-0.25, -0.2) is 4.68 Å². The molecule has 3 aromatic rings. The topological polar surface area (TPSA) is 55.1 Å². The molecule has 0 unspecified atom stereocenters. The molecule has 1 aromatic heterocycles. The second-order valence-electron chi connectivity index (χ2n) is 7.44. The number of likely N-dealkylation sites (tertiary alicyclic amines) is 1. The molecule has 0 aliphatic carbocycles. The second-order valence-corrected chi connectivity index (χ2v) is 7.81. The van der Waals surface area contributed by atoms with Crippen LogP contribution in [0.15, 0.2) is 60.9 Å². The lowest BCUT2D eigenvalue weighted by molar-refractivity contribution is 0.0895. The van der Waals surface area contributed by atoms with Gasteiger partial charge in [-0.1, -0.05) is 36.4 Å². The van der Waals surface area contributed by atoms with E-state index in [2.05, 4.69) is 15.3 Å². The van der Waals surface area contributed by atoms with Crippen LogP contribution in [0.25, 0.3) is 5.69 Å². The molecule has 1 fully saturated rings. The smallest absolute Gasteiger partial charge is 0.251 e. The molecule has 0 atom stereocenters. The third-order valence-electron chi connectivity index (χ3n) is 5.41. The number of nitrogens with one attached hydrogen (secondary N) is 1. The van der Waals surface area contributed by atoms with Gasteiger partial charge in [0.05, 0.1) is 6.67 Å². The summed E-state index contributed by atoms with van der Waals surface area (Å²) in [6.45, 7) is 4.43. The van der Waals surface area contributed by atoms with Gasteiger partial charge in [0.15, 0.2) is 0 Å². The van der Waals surface area contributed by atoms with E-state index in [1.807, 2.05) is 70.8 Å². The van der Waals surface area contributed by atoms with E-state index < -0.39 is 0 Å². The zero-order chi connectivity index (χ0) is 20.2. The molecule has 1 aliphatic heterocycles. The lowest BCUT2D eigenvalue weighted by Gasteiger charge is -2.32. The van der Waals surface area contributed by atoms with Crippen molar-refractivity contribution in [3.8, 4) is 5.69 Å². The molecule has 4 rings (SSSR count). The van der Waals surface area contributed by atoms with Gasteiger partial charge in [-0.3, -0.25) is 14.3 Å². The van der Waals surface area contributed by atoms with E-state index in [0.29, 0.717) is 11.4 Å². The number of carbonyl (C=O) groups excluding carboxylic acids is 1. The molecule has 0 radical (unpaired) electrons. The molecular weight excluding hydrogens is 382 g/mol. The first-order chi connectivity index (χ1) is 14.1. The van der Waals surface area contributed by atoms with Gasteiger partial charge in [0.1, 0.15) is 6.33 Å². The van der Waals surface area contributed by atoms with Crippen molar-refractivity contribution in [2.45, 2.75) is 32.5 Å². The van der Waals surface area contributed by atoms with Gasteiger partial charge >= 0.3 is 0 Å². The van der Waals surface area contributed by atoms with Gasteiger partial charge < -0.3 is 5.32 Å². The van der Waals surface area contributed by atoms with Crippen molar-refractivity contribution < 1.29 is 4.79 Å². The molecule has 150 valence electrons. The second kappa shape index (κ2) is 8.71. The van der Waals surface area contributed by atoms with Crippen LogP contribution >= 0.6 is 12.2 Å². The highest BCUT2D eigenvalue weighted by atomic mass is 32.1. The summed E-state index contributed by atoms with van der Waals surface area (Å²) in [6.07, 6.45) is 3.61. The summed E-state index contributed by atoms with van der Waals surface area (Å²) in [5, 5.41) is 7.65. The third-order valence-corrected chi connectivity index (χ3v) is 5.82. The van der Waals surface area contributed by atoms with Crippen molar-refractivity contribution in [3.63, 3.8) is 0 Å². The summed E-state index contributed by atoms with van der Waals surface area (Å²) in [5.41, 5.74) is 2.78. The Hall–Kier alpha value is -2.77. The van der Waals surface area contributed by atoms with Crippen molar-refractivity contribution in [1.29, 1.82) is 0 Å². The highest BCUT2D eigenvalue weighted by Crippen LogP contribution is 2.14. The standard InChI is InChI=1S/C22H25N5OS/c1-17-7-5-6-10-20(17)21(28)24-18-11-13-25(14-12-18)16-27-22(29)26(15-23-27)19-8-3-2-4-9-19/h2-10,15,18H,11-14,16H2,1H3,(H,24,28). The molecule has 29 heavy (non-hydrogen) atoms. The van der Waals surface area contributed by atoms with Crippen LogP contribution in [0.3, 0.4) is 0 Å². The van der Waals surface area contributed by atoms with Crippen LogP contribution in [0, 0.1) is 11.7 Å². The van der Waals surface area contributed by atoms with E-state index in [9.17, 15) is 4.79 Å². The minimum absolute atomic E-state index is 0.0189. The van der Waals surface area contributed by atoms with E-state index in [1.165, 1.54) is 0 Å². The molecule has 0 saturated carbocycles. The third kappa shape index (κ3) is 4.46. The molecule has 2 heterocycles. The molecule has 0 bridgehead atoms. The summed E-state index contributed by atoms with van der Waals surface area (Å²) in [4.78, 5) is 14.9. The van der Waals surface area contributed by atoms with Gasteiger partial charge in [-0.15, -0.1) is 0 Å². The SMILES string of the molecule is Cc1ccccc1C(=O)NC1CCN(Cn2ncn(-c3ccccc3)c2=S)CC1. The van der Waals surface area contributed by atoms with Gasteiger partial charge in [0, 0.05) is 30.4 Å². The van der Waals surface area contributed by atoms with Crippen molar-refractivity contribution in [3.05, 3.63) is 76.8 Å². The predicted molar refractivity (Wildman–Crippen MR) is 116 cm³/mol. The van der Waals surface area contributed by atoms with Crippen LogP contribution in [0.4, 0.5) is 0 Å². The largest absolute Gasteiger partial charge is 0.349 e. The van der Waals surface area contributed by atoms with Crippen LogP contribution in [-0.4, -0.2) is 44.3 Å². The van der Waals surface area contributed by atoms with E-state index in [0.717, 1.165) is 42.7 Å². The zero-order valence-electron chi connectivity index (χ0n) is 16.5. The number of hydrogen-bond donors (Lipinski definition) is 1. The van der Waals surface area contributed by atoms with Crippen LogP contribution in [0.2, 0.25) is 0 Å². The summed E-state index contributed by atoms with van der Waals surface area (Å²) in [5.74, 6) is 0.0189. The van der Waals surface area contributed by atoms with Gasteiger partial charge in [0.2, 0.25) is 4.77 Å². The summed E-state index contributed by atoms with van der Waals surface area (Å²) in [6, 6.07) is 17.9. The lowest BCUT2D eigenvalue weighted by Crippen LogP contribution is -2.45. The van der Waals surface area contributed by atoms with E-state index in [-0.39, 0.29) is 11.9 Å². The number of piperidine rings is 1. The van der Waals surface area contributed by atoms with Gasteiger partial charge in [-0.05, 0) is 55.7 Å². The Balaban J connectivity index is 1.33. The molecule has 6 nitrogen and oxygen atoms in total. The quantitative estimate of drug-likeness (QED) is 0.657. The first-order valence-corrected chi connectivity index (χ1v) is 10.3. The van der Waals surface area contributed by atoms with Crippen LogP contribution in [0.5, 0.6) is 0 Å². The number of aryl methyl sites for hydroxylation is 1. The maximum atomic E-state index is 12.5. The molecule has 1 aliphatic rings. The first-order valence-electron chi connectivity index (χ1n) is 9.90. The lowest BCUT2D eigenvalue weighted by atomic mass is 10.0. The number of amides is 1. The average Bonchev–Trinajstić information content (AvgIpc) is 3.10. The van der Waals surface area contributed by atoms with Gasteiger partial charge in [0.25, 0.3) is 5.91 Å². The number of benzene rings is 2. The highest BCUT2D eigenvalue weighted by molar-refractivity contribution is 7.71. The van der Waals surface area contributed by atoms with Crippen LogP contribution in [-0.2, 0) is 6.67 Å². The van der Waals surface area contributed by atoms with E-state index >= 15 is 0 Å². The Morgan fingerprint density at radius 1 is 1.10 bits per heavy atom.